The van der Waals surface area contributed by atoms with Crippen LogP contribution in [0.15, 0.2) is 0 Å². The van der Waals surface area contributed by atoms with E-state index < -0.39 is 0 Å². The summed E-state index contributed by atoms with van der Waals surface area (Å²) in [6.07, 6.45) is 3.96. The van der Waals surface area contributed by atoms with Crippen LogP contribution in [0.2, 0.25) is 0 Å². The topological polar surface area (TPSA) is 44.8 Å². The lowest BCUT2D eigenvalue weighted by Crippen LogP contribution is -2.54. The van der Waals surface area contributed by atoms with Crippen molar-refractivity contribution >= 4 is 5.91 Å². The molecule has 0 aliphatic carbocycles. The number of ether oxygens (including phenoxy) is 1. The minimum Gasteiger partial charge on any atom is -0.384 e. The van der Waals surface area contributed by atoms with Gasteiger partial charge >= 0.3 is 0 Å². The molecule has 5 heteroatoms. The highest BCUT2D eigenvalue weighted by molar-refractivity contribution is 5.83. The average Bonchev–Trinajstić information content (AvgIpc) is 2.54. The Kier molecular flexibility index (Phi) is 6.02. The van der Waals surface area contributed by atoms with E-state index in [9.17, 15) is 4.79 Å². The monoisotopic (exact) mass is 297 g/mol. The Balaban J connectivity index is 1.99. The van der Waals surface area contributed by atoms with Crippen molar-refractivity contribution in [2.45, 2.75) is 38.6 Å². The summed E-state index contributed by atoms with van der Waals surface area (Å²) in [6, 6.07) is 0.393. The maximum absolute atomic E-state index is 13.1. The number of rotatable bonds is 5. The Morgan fingerprint density at radius 3 is 2.48 bits per heavy atom. The second-order valence-corrected chi connectivity index (χ2v) is 6.54. The molecule has 0 saturated carbocycles. The molecule has 0 unspecified atom stereocenters. The van der Waals surface area contributed by atoms with Crippen molar-refractivity contribution in [3.63, 3.8) is 0 Å². The first-order valence-electron chi connectivity index (χ1n) is 8.32. The lowest BCUT2D eigenvalue weighted by atomic mass is 9.78. The highest BCUT2D eigenvalue weighted by atomic mass is 16.5. The van der Waals surface area contributed by atoms with Crippen molar-refractivity contribution in [3.05, 3.63) is 0 Å². The van der Waals surface area contributed by atoms with Gasteiger partial charge in [0.2, 0.25) is 5.91 Å². The number of nitrogens with one attached hydrogen (secondary N) is 1. The van der Waals surface area contributed by atoms with E-state index in [1.165, 1.54) is 0 Å². The van der Waals surface area contributed by atoms with Gasteiger partial charge < -0.3 is 19.9 Å². The maximum atomic E-state index is 13.1. The van der Waals surface area contributed by atoms with Gasteiger partial charge in [0, 0.05) is 33.3 Å². The number of carbonyl (C=O) groups excluding carboxylic acids is 1. The zero-order valence-electron chi connectivity index (χ0n) is 13.9. The first-order chi connectivity index (χ1) is 10.1. The zero-order valence-corrected chi connectivity index (χ0v) is 13.9. The molecule has 0 aromatic carbocycles. The predicted molar refractivity (Wildman–Crippen MR) is 84.3 cm³/mol. The molecule has 2 saturated heterocycles. The molecule has 2 aliphatic heterocycles. The molecule has 0 radical (unpaired) electrons. The van der Waals surface area contributed by atoms with Crippen LogP contribution in [0.5, 0.6) is 0 Å². The van der Waals surface area contributed by atoms with Gasteiger partial charge in [-0.2, -0.15) is 0 Å². The molecule has 0 aromatic heterocycles. The minimum atomic E-state index is -0.309. The molecular weight excluding hydrogens is 266 g/mol. The molecule has 2 rings (SSSR count). The number of hydrogen-bond donors (Lipinski definition) is 1. The molecule has 0 bridgehead atoms. The molecule has 2 fully saturated rings. The highest BCUT2D eigenvalue weighted by Crippen LogP contribution is 2.33. The third kappa shape index (κ3) is 3.76. The summed E-state index contributed by atoms with van der Waals surface area (Å²) in [5.74, 6) is 0.292. The fraction of sp³-hybridized carbons (Fsp3) is 0.938. The van der Waals surface area contributed by atoms with E-state index in [0.29, 0.717) is 18.6 Å². The van der Waals surface area contributed by atoms with Gasteiger partial charge in [-0.1, -0.05) is 6.92 Å². The molecule has 0 spiro atoms. The van der Waals surface area contributed by atoms with Gasteiger partial charge in [-0.3, -0.25) is 4.79 Å². The fourth-order valence-electron chi connectivity index (χ4n) is 3.76. The van der Waals surface area contributed by atoms with Crippen molar-refractivity contribution in [1.82, 2.24) is 15.1 Å². The normalized spacial score (nSPS) is 24.0. The minimum absolute atomic E-state index is 0.292. The summed E-state index contributed by atoms with van der Waals surface area (Å²) >= 11 is 0. The molecule has 21 heavy (non-hydrogen) atoms. The van der Waals surface area contributed by atoms with E-state index >= 15 is 0 Å². The Bertz CT molecular complexity index is 329. The maximum Gasteiger partial charge on any atom is 0.231 e. The van der Waals surface area contributed by atoms with Crippen molar-refractivity contribution < 1.29 is 9.53 Å². The number of methoxy groups -OCH3 is 1. The van der Waals surface area contributed by atoms with Crippen LogP contribution in [0.1, 0.15) is 32.6 Å². The molecule has 0 aromatic rings. The number of likely N-dealkylation sites (tertiary alicyclic amines) is 1. The Labute approximate surface area is 129 Å². The van der Waals surface area contributed by atoms with Crippen LogP contribution < -0.4 is 5.32 Å². The zero-order chi connectivity index (χ0) is 15.3. The van der Waals surface area contributed by atoms with Crippen LogP contribution in [0.4, 0.5) is 0 Å². The third-order valence-corrected chi connectivity index (χ3v) is 5.31. The van der Waals surface area contributed by atoms with Gasteiger partial charge in [-0.15, -0.1) is 0 Å². The van der Waals surface area contributed by atoms with Crippen LogP contribution >= 0.6 is 0 Å². The third-order valence-electron chi connectivity index (χ3n) is 5.31. The smallest absolute Gasteiger partial charge is 0.231 e. The predicted octanol–water partition coefficient (Wildman–Crippen LogP) is 0.945. The Hall–Kier alpha value is -0.650. The largest absolute Gasteiger partial charge is 0.384 e. The van der Waals surface area contributed by atoms with Gasteiger partial charge in [-0.05, 0) is 45.3 Å². The van der Waals surface area contributed by atoms with Crippen LogP contribution in [-0.4, -0.2) is 75.2 Å². The lowest BCUT2D eigenvalue weighted by Gasteiger charge is -2.43. The van der Waals surface area contributed by atoms with E-state index in [-0.39, 0.29) is 5.41 Å². The van der Waals surface area contributed by atoms with Crippen molar-refractivity contribution in [2.24, 2.45) is 5.41 Å². The van der Waals surface area contributed by atoms with E-state index in [2.05, 4.69) is 17.1 Å². The molecule has 2 aliphatic rings. The van der Waals surface area contributed by atoms with Gasteiger partial charge in [0.1, 0.15) is 0 Å². The molecule has 1 amide bonds. The second-order valence-electron chi connectivity index (χ2n) is 6.54. The number of nitrogens with zero attached hydrogens (tertiary/aromatic N) is 2. The van der Waals surface area contributed by atoms with Crippen molar-refractivity contribution in [2.75, 3.05) is 53.5 Å². The summed E-state index contributed by atoms with van der Waals surface area (Å²) in [6.45, 7) is 7.91. The molecular formula is C16H31N3O2. The van der Waals surface area contributed by atoms with Gasteiger partial charge in [0.25, 0.3) is 0 Å². The number of amides is 1. The van der Waals surface area contributed by atoms with E-state index in [0.717, 1.165) is 58.4 Å². The average molecular weight is 297 g/mol. The molecule has 122 valence electrons. The number of carbonyl (C=O) groups is 1. The van der Waals surface area contributed by atoms with Crippen LogP contribution in [0.3, 0.4) is 0 Å². The van der Waals surface area contributed by atoms with E-state index in [4.69, 9.17) is 4.74 Å². The van der Waals surface area contributed by atoms with Gasteiger partial charge in [0.15, 0.2) is 0 Å². The quantitative estimate of drug-likeness (QED) is 0.820. The highest BCUT2D eigenvalue weighted by Gasteiger charge is 2.43. The van der Waals surface area contributed by atoms with E-state index in [1.54, 1.807) is 7.11 Å². The second kappa shape index (κ2) is 7.56. The summed E-state index contributed by atoms with van der Waals surface area (Å²) in [4.78, 5) is 17.6. The molecule has 5 nitrogen and oxygen atoms in total. The standard InChI is InChI=1S/C16H31N3O2/c1-4-19-11-5-14(6-12-19)18(2)15(20)16(13-21-3)7-9-17-10-8-16/h14,17H,4-13H2,1-3H3. The van der Waals surface area contributed by atoms with Crippen molar-refractivity contribution in [3.8, 4) is 0 Å². The van der Waals surface area contributed by atoms with Gasteiger partial charge in [0.05, 0.1) is 12.0 Å². The van der Waals surface area contributed by atoms with Crippen molar-refractivity contribution in [1.29, 1.82) is 0 Å². The number of piperidine rings is 2. The summed E-state index contributed by atoms with van der Waals surface area (Å²) < 4.78 is 5.39. The first kappa shape index (κ1) is 16.7. The van der Waals surface area contributed by atoms with Crippen LogP contribution in [-0.2, 0) is 9.53 Å². The first-order valence-corrected chi connectivity index (χ1v) is 8.32. The molecule has 1 N–H and O–H groups in total. The Morgan fingerprint density at radius 2 is 1.95 bits per heavy atom. The number of hydrogen-bond acceptors (Lipinski definition) is 4. The van der Waals surface area contributed by atoms with E-state index in [1.807, 2.05) is 11.9 Å². The van der Waals surface area contributed by atoms with Crippen LogP contribution in [0, 0.1) is 5.41 Å². The van der Waals surface area contributed by atoms with Gasteiger partial charge in [-0.25, -0.2) is 0 Å². The summed E-state index contributed by atoms with van der Waals surface area (Å²) in [5, 5.41) is 3.35. The SMILES string of the molecule is CCN1CCC(N(C)C(=O)C2(COC)CCNCC2)CC1. The lowest BCUT2D eigenvalue weighted by molar-refractivity contribution is -0.149. The van der Waals surface area contributed by atoms with Crippen LogP contribution in [0.25, 0.3) is 0 Å². The summed E-state index contributed by atoms with van der Waals surface area (Å²) in [7, 11) is 3.70. The molecule has 0 atom stereocenters. The molecule has 2 heterocycles. The fourth-order valence-corrected chi connectivity index (χ4v) is 3.76. The Morgan fingerprint density at radius 1 is 1.33 bits per heavy atom. The summed E-state index contributed by atoms with van der Waals surface area (Å²) in [5.41, 5.74) is -0.309.